The van der Waals surface area contributed by atoms with Crippen LogP contribution in [0.15, 0.2) is 35.7 Å². The number of carbonyl (C=O) groups is 3. The second kappa shape index (κ2) is 12.0. The summed E-state index contributed by atoms with van der Waals surface area (Å²) in [6.45, 7) is 9.34. The number of ether oxygens (including phenoxy) is 1. The van der Waals surface area contributed by atoms with E-state index in [0.29, 0.717) is 32.8 Å². The first-order valence-electron chi connectivity index (χ1n) is 13.0. The molecule has 1 fully saturated rings. The Hall–Kier alpha value is -2.71. The van der Waals surface area contributed by atoms with Crippen LogP contribution in [-0.2, 0) is 25.5 Å². The Kier molecular flexibility index (Phi) is 8.80. The Bertz CT molecular complexity index is 1080. The summed E-state index contributed by atoms with van der Waals surface area (Å²) in [5, 5.41) is 2.16. The van der Waals surface area contributed by atoms with E-state index in [2.05, 4.69) is 47.5 Å². The van der Waals surface area contributed by atoms with E-state index in [4.69, 9.17) is 4.74 Å². The molecule has 0 N–H and O–H groups in total. The van der Waals surface area contributed by atoms with Crippen LogP contribution >= 0.6 is 11.3 Å². The van der Waals surface area contributed by atoms with E-state index in [0.717, 1.165) is 19.4 Å². The lowest BCUT2D eigenvalue weighted by Crippen LogP contribution is -2.51. The van der Waals surface area contributed by atoms with Crippen molar-refractivity contribution in [2.45, 2.75) is 58.5 Å². The molecule has 1 saturated heterocycles. The van der Waals surface area contributed by atoms with Crippen molar-refractivity contribution < 1.29 is 19.1 Å². The maximum absolute atomic E-state index is 13.7. The molecule has 1 aromatic carbocycles. The summed E-state index contributed by atoms with van der Waals surface area (Å²) in [6.07, 6.45) is 1.94. The Morgan fingerprint density at radius 3 is 2.53 bits per heavy atom. The Morgan fingerprint density at radius 2 is 1.75 bits per heavy atom. The highest BCUT2D eigenvalue weighted by atomic mass is 32.1. The van der Waals surface area contributed by atoms with E-state index in [1.165, 1.54) is 21.6 Å². The lowest BCUT2D eigenvalue weighted by molar-refractivity contribution is -0.145. The molecule has 0 radical (unpaired) electrons. The fourth-order valence-corrected chi connectivity index (χ4v) is 6.29. The average Bonchev–Trinajstić information content (AvgIpc) is 3.22. The number of carbonyl (C=O) groups excluding carboxylic acids is 3. The molecular formula is C28H37N3O4S. The highest BCUT2D eigenvalue weighted by Crippen LogP contribution is 2.40. The molecule has 0 saturated carbocycles. The van der Waals surface area contributed by atoms with Gasteiger partial charge in [0.2, 0.25) is 11.8 Å². The number of benzene rings is 1. The first kappa shape index (κ1) is 26.4. The Balaban J connectivity index is 1.43. The molecule has 4 rings (SSSR count). The standard InChI is InChI=1S/C28H37N3O4S/c1-4-35-26(33)11-10-25(32)29-14-7-15-30(18-17-29)28(34)21(3)31-16-12-24-23(13-19-36-24)27(31)22-9-6-5-8-20(22)2/h5-6,8-9,13,19,21,27H,4,7,10-12,14-18H2,1-3H3. The zero-order chi connectivity index (χ0) is 25.7. The summed E-state index contributed by atoms with van der Waals surface area (Å²) < 4.78 is 4.93. The maximum atomic E-state index is 13.7. The minimum Gasteiger partial charge on any atom is -0.466 e. The molecule has 36 heavy (non-hydrogen) atoms. The van der Waals surface area contributed by atoms with Gasteiger partial charge in [-0.25, -0.2) is 0 Å². The molecule has 2 aliphatic rings. The topological polar surface area (TPSA) is 70.2 Å². The molecule has 2 unspecified atom stereocenters. The summed E-state index contributed by atoms with van der Waals surface area (Å²) in [4.78, 5) is 45.5. The van der Waals surface area contributed by atoms with Crippen LogP contribution in [0.25, 0.3) is 0 Å². The fourth-order valence-electron chi connectivity index (χ4n) is 5.39. The average molecular weight is 512 g/mol. The molecule has 0 bridgehead atoms. The molecular weight excluding hydrogens is 474 g/mol. The van der Waals surface area contributed by atoms with Crippen molar-refractivity contribution in [3.63, 3.8) is 0 Å². The lowest BCUT2D eigenvalue weighted by atomic mass is 9.89. The van der Waals surface area contributed by atoms with Crippen molar-refractivity contribution in [1.29, 1.82) is 0 Å². The molecule has 2 amide bonds. The highest BCUT2D eigenvalue weighted by Gasteiger charge is 2.37. The number of thiophene rings is 1. The zero-order valence-electron chi connectivity index (χ0n) is 21.6. The van der Waals surface area contributed by atoms with Gasteiger partial charge in [0.25, 0.3) is 0 Å². The van der Waals surface area contributed by atoms with Crippen molar-refractivity contribution in [3.05, 3.63) is 57.3 Å². The van der Waals surface area contributed by atoms with Crippen molar-refractivity contribution in [3.8, 4) is 0 Å². The van der Waals surface area contributed by atoms with Crippen molar-refractivity contribution in [2.24, 2.45) is 0 Å². The van der Waals surface area contributed by atoms with E-state index in [1.54, 1.807) is 23.2 Å². The van der Waals surface area contributed by atoms with Crippen LogP contribution in [0, 0.1) is 6.92 Å². The van der Waals surface area contributed by atoms with Crippen LogP contribution in [-0.4, -0.2) is 77.9 Å². The first-order chi connectivity index (χ1) is 17.4. The number of fused-ring (bicyclic) bond motifs is 1. The summed E-state index contributed by atoms with van der Waals surface area (Å²) in [7, 11) is 0. The molecule has 2 aromatic rings. The first-order valence-corrected chi connectivity index (χ1v) is 13.9. The van der Waals surface area contributed by atoms with Crippen LogP contribution in [0.5, 0.6) is 0 Å². The van der Waals surface area contributed by atoms with Gasteiger partial charge in [-0.2, -0.15) is 0 Å². The van der Waals surface area contributed by atoms with E-state index in [9.17, 15) is 14.4 Å². The largest absolute Gasteiger partial charge is 0.466 e. The van der Waals surface area contributed by atoms with Crippen LogP contribution in [0.3, 0.4) is 0 Å². The van der Waals surface area contributed by atoms with Gasteiger partial charge in [-0.05, 0) is 61.7 Å². The third-order valence-corrected chi connectivity index (χ3v) is 8.35. The van der Waals surface area contributed by atoms with Crippen LogP contribution in [0.4, 0.5) is 0 Å². The minimum atomic E-state index is -0.343. The minimum absolute atomic E-state index is 0.0500. The molecule has 0 spiro atoms. The molecule has 0 aliphatic carbocycles. The fraction of sp³-hybridized carbons (Fsp3) is 0.536. The van der Waals surface area contributed by atoms with E-state index < -0.39 is 0 Å². The molecule has 1 aromatic heterocycles. The number of hydrogen-bond donors (Lipinski definition) is 0. The number of hydrogen-bond acceptors (Lipinski definition) is 6. The molecule has 2 aliphatic heterocycles. The van der Waals surface area contributed by atoms with Gasteiger partial charge in [0.15, 0.2) is 0 Å². The van der Waals surface area contributed by atoms with Gasteiger partial charge < -0.3 is 14.5 Å². The second-order valence-corrected chi connectivity index (χ2v) is 10.6. The second-order valence-electron chi connectivity index (χ2n) is 9.59. The van der Waals surface area contributed by atoms with E-state index in [1.807, 2.05) is 11.8 Å². The SMILES string of the molecule is CCOC(=O)CCC(=O)N1CCCN(C(=O)C(C)N2CCc3sccc3C2c2ccccc2C)CC1. The Labute approximate surface area is 218 Å². The van der Waals surface area contributed by atoms with Gasteiger partial charge in [0.05, 0.1) is 25.1 Å². The normalized spacial score (nSPS) is 19.4. The number of esters is 1. The molecule has 194 valence electrons. The molecule has 8 heteroatoms. The number of rotatable bonds is 7. The molecule has 2 atom stereocenters. The smallest absolute Gasteiger partial charge is 0.306 e. The predicted molar refractivity (Wildman–Crippen MR) is 141 cm³/mol. The van der Waals surface area contributed by atoms with Gasteiger partial charge in [-0.3, -0.25) is 19.3 Å². The van der Waals surface area contributed by atoms with Gasteiger partial charge in [0.1, 0.15) is 0 Å². The Morgan fingerprint density at radius 1 is 1.00 bits per heavy atom. The number of aryl methyl sites for hydroxylation is 1. The quantitative estimate of drug-likeness (QED) is 0.529. The summed E-state index contributed by atoms with van der Waals surface area (Å²) >= 11 is 1.81. The van der Waals surface area contributed by atoms with E-state index >= 15 is 0 Å². The van der Waals surface area contributed by atoms with Crippen molar-refractivity contribution in [2.75, 3.05) is 39.3 Å². The lowest BCUT2D eigenvalue weighted by Gasteiger charge is -2.41. The zero-order valence-corrected chi connectivity index (χ0v) is 22.4. The van der Waals surface area contributed by atoms with Crippen LogP contribution in [0.2, 0.25) is 0 Å². The van der Waals surface area contributed by atoms with Crippen LogP contribution in [0.1, 0.15) is 60.7 Å². The van der Waals surface area contributed by atoms with Crippen molar-refractivity contribution in [1.82, 2.24) is 14.7 Å². The van der Waals surface area contributed by atoms with Gasteiger partial charge >= 0.3 is 5.97 Å². The monoisotopic (exact) mass is 511 g/mol. The number of amides is 2. The number of nitrogens with zero attached hydrogens (tertiary/aromatic N) is 3. The maximum Gasteiger partial charge on any atom is 0.306 e. The summed E-state index contributed by atoms with van der Waals surface area (Å²) in [6, 6.07) is 10.5. The van der Waals surface area contributed by atoms with Gasteiger partial charge in [-0.15, -0.1) is 11.3 Å². The highest BCUT2D eigenvalue weighted by molar-refractivity contribution is 7.10. The van der Waals surface area contributed by atoms with E-state index in [-0.39, 0.29) is 42.7 Å². The van der Waals surface area contributed by atoms with Gasteiger partial charge in [0, 0.05) is 44.0 Å². The third-order valence-electron chi connectivity index (χ3n) is 7.35. The summed E-state index contributed by atoms with van der Waals surface area (Å²) in [5.41, 5.74) is 3.80. The predicted octanol–water partition coefficient (Wildman–Crippen LogP) is 3.80. The third kappa shape index (κ3) is 5.81. The van der Waals surface area contributed by atoms with Crippen molar-refractivity contribution >= 4 is 29.1 Å². The molecule has 7 nitrogen and oxygen atoms in total. The summed E-state index contributed by atoms with van der Waals surface area (Å²) in [5.74, 6) is -0.274. The molecule has 3 heterocycles. The van der Waals surface area contributed by atoms with Gasteiger partial charge in [-0.1, -0.05) is 24.3 Å². The van der Waals surface area contributed by atoms with Crippen LogP contribution < -0.4 is 0 Å².